The Hall–Kier alpha value is -1.66. The molecule has 86 valence electrons. The van der Waals surface area contributed by atoms with Crippen LogP contribution in [0.25, 0.3) is 11.0 Å². The van der Waals surface area contributed by atoms with Gasteiger partial charge in [0.15, 0.2) is 0 Å². The summed E-state index contributed by atoms with van der Waals surface area (Å²) in [5, 5.41) is 12.6. The molecule has 0 saturated heterocycles. The van der Waals surface area contributed by atoms with E-state index >= 15 is 0 Å². The van der Waals surface area contributed by atoms with Crippen LogP contribution in [0.4, 0.5) is 5.82 Å². The summed E-state index contributed by atoms with van der Waals surface area (Å²) < 4.78 is 7.11. The van der Waals surface area contributed by atoms with Gasteiger partial charge in [-0.1, -0.05) is 0 Å². The number of rotatable bonds is 5. The van der Waals surface area contributed by atoms with Crippen LogP contribution in [0.15, 0.2) is 18.6 Å². The fraction of sp³-hybridized carbons (Fsp3) is 0.400. The Bertz CT molecular complexity index is 469. The zero-order valence-corrected chi connectivity index (χ0v) is 9.05. The van der Waals surface area contributed by atoms with Crippen molar-refractivity contribution in [1.82, 2.24) is 14.5 Å². The van der Waals surface area contributed by atoms with E-state index in [0.717, 1.165) is 16.9 Å². The van der Waals surface area contributed by atoms with Crippen LogP contribution in [0, 0.1) is 0 Å². The highest BCUT2D eigenvalue weighted by Gasteiger charge is 2.06. The molecule has 0 aliphatic rings. The zero-order chi connectivity index (χ0) is 11.4. The summed E-state index contributed by atoms with van der Waals surface area (Å²) in [4.78, 5) is 8.32. The molecule has 0 saturated carbocycles. The van der Waals surface area contributed by atoms with Crippen molar-refractivity contribution in [2.24, 2.45) is 0 Å². The number of nitrogens with one attached hydrogen (secondary N) is 1. The second-order valence-corrected chi connectivity index (χ2v) is 3.26. The Morgan fingerprint density at radius 1 is 1.50 bits per heavy atom. The number of anilines is 1. The largest absolute Gasteiger partial charge is 0.394 e. The Morgan fingerprint density at radius 3 is 3.12 bits per heavy atom. The van der Waals surface area contributed by atoms with Crippen molar-refractivity contribution in [2.45, 2.75) is 6.73 Å². The van der Waals surface area contributed by atoms with Crippen LogP contribution in [0.2, 0.25) is 0 Å². The smallest absolute Gasteiger partial charge is 0.147 e. The highest BCUT2D eigenvalue weighted by atomic mass is 16.5. The maximum atomic E-state index is 8.62. The van der Waals surface area contributed by atoms with E-state index in [0.29, 0.717) is 13.3 Å². The average Bonchev–Trinajstić information content (AvgIpc) is 2.73. The molecule has 0 spiro atoms. The first-order chi connectivity index (χ1) is 7.86. The fourth-order valence-corrected chi connectivity index (χ4v) is 1.53. The van der Waals surface area contributed by atoms with Crippen molar-refractivity contribution in [3.05, 3.63) is 18.6 Å². The highest BCUT2D eigenvalue weighted by Crippen LogP contribution is 2.19. The van der Waals surface area contributed by atoms with E-state index in [-0.39, 0.29) is 6.61 Å². The maximum absolute atomic E-state index is 8.62. The molecular weight excluding hydrogens is 208 g/mol. The summed E-state index contributed by atoms with van der Waals surface area (Å²) in [5.74, 6) is 0.797. The second kappa shape index (κ2) is 4.91. The molecule has 0 aromatic carbocycles. The highest BCUT2D eigenvalue weighted by molar-refractivity contribution is 5.87. The third-order valence-electron chi connectivity index (χ3n) is 2.26. The minimum Gasteiger partial charge on any atom is -0.394 e. The summed E-state index contributed by atoms with van der Waals surface area (Å²) >= 11 is 0. The molecule has 0 unspecified atom stereocenters. The van der Waals surface area contributed by atoms with Crippen LogP contribution in [0.1, 0.15) is 0 Å². The number of aliphatic hydroxyl groups excluding tert-OH is 1. The summed E-state index contributed by atoms with van der Waals surface area (Å²) in [7, 11) is 1.82. The number of aromatic nitrogens is 3. The van der Waals surface area contributed by atoms with Crippen molar-refractivity contribution >= 4 is 16.9 Å². The van der Waals surface area contributed by atoms with Gasteiger partial charge in [-0.3, -0.25) is 0 Å². The lowest BCUT2D eigenvalue weighted by molar-refractivity contribution is 0.0502. The molecule has 2 heterocycles. The first-order valence-electron chi connectivity index (χ1n) is 5.03. The molecular formula is C10H14N4O2. The molecule has 2 aromatic rings. The standard InChI is InChI=1S/C10H14N4O2/c1-11-9-8-2-3-14(7-16-5-4-15)10(8)13-6-12-9/h2-3,6,15H,4-5,7H2,1H3,(H,11,12,13). The third kappa shape index (κ3) is 1.98. The summed E-state index contributed by atoms with van der Waals surface area (Å²) in [5.41, 5.74) is 0.817. The number of nitrogens with zero attached hydrogens (tertiary/aromatic N) is 3. The Kier molecular flexibility index (Phi) is 3.33. The lowest BCUT2D eigenvalue weighted by atomic mass is 10.4. The van der Waals surface area contributed by atoms with Gasteiger partial charge < -0.3 is 19.7 Å². The van der Waals surface area contributed by atoms with Crippen LogP contribution in [0.5, 0.6) is 0 Å². The maximum Gasteiger partial charge on any atom is 0.147 e. The normalized spacial score (nSPS) is 10.9. The lowest BCUT2D eigenvalue weighted by Gasteiger charge is -2.05. The van der Waals surface area contributed by atoms with E-state index in [1.165, 1.54) is 6.33 Å². The number of fused-ring (bicyclic) bond motifs is 1. The topological polar surface area (TPSA) is 72.2 Å². The van der Waals surface area contributed by atoms with Gasteiger partial charge in [0.05, 0.1) is 18.6 Å². The predicted octanol–water partition coefficient (Wildman–Crippen LogP) is 0.439. The van der Waals surface area contributed by atoms with Gasteiger partial charge in [0, 0.05) is 13.2 Å². The Balaban J connectivity index is 2.27. The molecule has 2 rings (SSSR count). The van der Waals surface area contributed by atoms with E-state index in [1.807, 2.05) is 23.9 Å². The number of ether oxygens (including phenoxy) is 1. The monoisotopic (exact) mass is 222 g/mol. The van der Waals surface area contributed by atoms with Gasteiger partial charge in [0.1, 0.15) is 24.5 Å². The summed E-state index contributed by atoms with van der Waals surface area (Å²) in [6.07, 6.45) is 3.40. The Labute approximate surface area is 92.9 Å². The molecule has 0 bridgehead atoms. The molecule has 0 aliphatic heterocycles. The minimum atomic E-state index is 0.0238. The van der Waals surface area contributed by atoms with Crippen LogP contribution >= 0.6 is 0 Å². The third-order valence-corrected chi connectivity index (χ3v) is 2.26. The Morgan fingerprint density at radius 2 is 2.38 bits per heavy atom. The first kappa shape index (κ1) is 10.8. The SMILES string of the molecule is CNc1ncnc2c1ccn2COCCO. The summed E-state index contributed by atoms with van der Waals surface area (Å²) in [6, 6.07) is 1.93. The molecule has 0 aliphatic carbocycles. The van der Waals surface area contributed by atoms with Crippen molar-refractivity contribution in [3.8, 4) is 0 Å². The number of aliphatic hydroxyl groups is 1. The van der Waals surface area contributed by atoms with Crippen molar-refractivity contribution < 1.29 is 9.84 Å². The molecule has 6 heteroatoms. The van der Waals surface area contributed by atoms with E-state index in [4.69, 9.17) is 9.84 Å². The molecule has 0 radical (unpaired) electrons. The molecule has 16 heavy (non-hydrogen) atoms. The van der Waals surface area contributed by atoms with E-state index in [9.17, 15) is 0 Å². The number of hydrogen-bond donors (Lipinski definition) is 2. The minimum absolute atomic E-state index is 0.0238. The van der Waals surface area contributed by atoms with Gasteiger partial charge in [0.2, 0.25) is 0 Å². The van der Waals surface area contributed by atoms with Crippen molar-refractivity contribution in [2.75, 3.05) is 25.6 Å². The first-order valence-corrected chi connectivity index (χ1v) is 5.03. The average molecular weight is 222 g/mol. The molecule has 2 aromatic heterocycles. The van der Waals surface area contributed by atoms with E-state index in [2.05, 4.69) is 15.3 Å². The van der Waals surface area contributed by atoms with Gasteiger partial charge in [-0.15, -0.1) is 0 Å². The van der Waals surface area contributed by atoms with Gasteiger partial charge in [-0.05, 0) is 6.07 Å². The lowest BCUT2D eigenvalue weighted by Crippen LogP contribution is -2.05. The van der Waals surface area contributed by atoms with E-state index in [1.54, 1.807) is 0 Å². The van der Waals surface area contributed by atoms with Crippen LogP contribution in [-0.2, 0) is 11.5 Å². The van der Waals surface area contributed by atoms with Gasteiger partial charge in [-0.2, -0.15) is 0 Å². The van der Waals surface area contributed by atoms with Crippen LogP contribution < -0.4 is 5.32 Å². The number of hydrogen-bond acceptors (Lipinski definition) is 5. The van der Waals surface area contributed by atoms with Gasteiger partial charge >= 0.3 is 0 Å². The van der Waals surface area contributed by atoms with Crippen molar-refractivity contribution in [3.63, 3.8) is 0 Å². The van der Waals surface area contributed by atoms with Gasteiger partial charge in [-0.25, -0.2) is 9.97 Å². The summed E-state index contributed by atoms with van der Waals surface area (Å²) in [6.45, 7) is 0.726. The van der Waals surface area contributed by atoms with Crippen LogP contribution in [0.3, 0.4) is 0 Å². The quantitative estimate of drug-likeness (QED) is 0.718. The van der Waals surface area contributed by atoms with E-state index < -0.39 is 0 Å². The second-order valence-electron chi connectivity index (χ2n) is 3.26. The molecule has 0 fully saturated rings. The predicted molar refractivity (Wildman–Crippen MR) is 60.1 cm³/mol. The van der Waals surface area contributed by atoms with Crippen LogP contribution in [-0.4, -0.2) is 39.9 Å². The molecule has 0 atom stereocenters. The molecule has 2 N–H and O–H groups in total. The fourth-order valence-electron chi connectivity index (χ4n) is 1.53. The molecule has 0 amide bonds. The van der Waals surface area contributed by atoms with Crippen molar-refractivity contribution in [1.29, 1.82) is 0 Å². The zero-order valence-electron chi connectivity index (χ0n) is 9.05. The van der Waals surface area contributed by atoms with Gasteiger partial charge in [0.25, 0.3) is 0 Å². The molecule has 6 nitrogen and oxygen atoms in total.